The van der Waals surface area contributed by atoms with E-state index < -0.39 is 17.7 Å². The molecule has 8 nitrogen and oxygen atoms in total. The minimum atomic E-state index is -0.758. The van der Waals surface area contributed by atoms with Gasteiger partial charge in [-0.25, -0.2) is 0 Å². The number of carbonyl (C=O) groups excluding carboxylic acids is 2. The molecule has 2 aromatic rings. The number of ether oxygens (including phenoxy) is 2. The summed E-state index contributed by atoms with van der Waals surface area (Å²) >= 11 is 0. The van der Waals surface area contributed by atoms with Crippen LogP contribution in [0.15, 0.2) is 48.3 Å². The van der Waals surface area contributed by atoms with E-state index in [0.717, 1.165) is 6.42 Å². The molecule has 3 rings (SSSR count). The van der Waals surface area contributed by atoms with Crippen molar-refractivity contribution >= 4 is 17.4 Å². The van der Waals surface area contributed by atoms with E-state index >= 15 is 0 Å². The van der Waals surface area contributed by atoms with Gasteiger partial charge in [0.2, 0.25) is 0 Å². The lowest BCUT2D eigenvalue weighted by atomic mass is 9.95. The first-order valence-electron chi connectivity index (χ1n) is 11.4. The molecule has 1 unspecified atom stereocenters. The van der Waals surface area contributed by atoms with Crippen LogP contribution < -0.4 is 9.47 Å². The number of likely N-dealkylation sites (N-methyl/N-ethyl adjacent to an activating group) is 1. The molecule has 1 aromatic carbocycles. The number of nitrogens with zero attached hydrogens (tertiary/aromatic N) is 3. The average Bonchev–Trinajstić information content (AvgIpc) is 3.07. The Hall–Kier alpha value is -3.39. The Morgan fingerprint density at radius 2 is 1.85 bits per heavy atom. The number of hydrogen-bond acceptors (Lipinski definition) is 7. The molecule has 0 bridgehead atoms. The Bertz CT molecular complexity index is 1050. The molecule has 182 valence electrons. The summed E-state index contributed by atoms with van der Waals surface area (Å²) in [5, 5.41) is 11.1. The van der Waals surface area contributed by atoms with Gasteiger partial charge in [0, 0.05) is 31.0 Å². The van der Waals surface area contributed by atoms with Gasteiger partial charge in [-0.2, -0.15) is 0 Å². The number of benzene rings is 1. The molecule has 1 aliphatic rings. The highest BCUT2D eigenvalue weighted by Crippen LogP contribution is 2.41. The van der Waals surface area contributed by atoms with Crippen LogP contribution in [0, 0.1) is 5.92 Å². The Balaban J connectivity index is 2.07. The van der Waals surface area contributed by atoms with Crippen molar-refractivity contribution in [3.63, 3.8) is 0 Å². The summed E-state index contributed by atoms with van der Waals surface area (Å²) in [6, 6.07) is 7.81. The summed E-state index contributed by atoms with van der Waals surface area (Å²) in [6.07, 6.45) is 3.96. The standard InChI is InChI=1S/C26H33N3O5/c1-17(2)10-15-34-20-7-6-19(16-21(20)33-5)23-22(24(30)18-8-11-27-12-9-18)25(31)26(32)29(23)14-13-28(3)4/h6-9,11-12,16-17,23,30H,10,13-15H2,1-5H3. The van der Waals surface area contributed by atoms with Crippen molar-refractivity contribution in [2.45, 2.75) is 26.3 Å². The summed E-state index contributed by atoms with van der Waals surface area (Å²) in [7, 11) is 5.35. The number of ketones is 1. The predicted octanol–water partition coefficient (Wildman–Crippen LogP) is 3.50. The van der Waals surface area contributed by atoms with Crippen LogP contribution in [-0.4, -0.2) is 72.5 Å². The molecule has 0 radical (unpaired) electrons. The van der Waals surface area contributed by atoms with Crippen molar-refractivity contribution < 1.29 is 24.2 Å². The van der Waals surface area contributed by atoms with Crippen molar-refractivity contribution in [3.05, 3.63) is 59.4 Å². The van der Waals surface area contributed by atoms with E-state index in [-0.39, 0.29) is 11.3 Å². The maximum Gasteiger partial charge on any atom is 0.295 e. The van der Waals surface area contributed by atoms with Crippen molar-refractivity contribution in [3.8, 4) is 11.5 Å². The van der Waals surface area contributed by atoms with E-state index in [0.29, 0.717) is 48.2 Å². The summed E-state index contributed by atoms with van der Waals surface area (Å²) in [6.45, 7) is 5.69. The second-order valence-electron chi connectivity index (χ2n) is 8.97. The molecule has 8 heteroatoms. The highest BCUT2D eigenvalue weighted by molar-refractivity contribution is 6.46. The Labute approximate surface area is 200 Å². The van der Waals surface area contributed by atoms with E-state index in [1.807, 2.05) is 25.1 Å². The van der Waals surface area contributed by atoms with Crippen molar-refractivity contribution in [2.75, 3.05) is 40.9 Å². The van der Waals surface area contributed by atoms with Gasteiger partial charge in [0.25, 0.3) is 11.7 Å². The molecule has 1 saturated heterocycles. The molecular weight excluding hydrogens is 434 g/mol. The van der Waals surface area contributed by atoms with E-state index in [2.05, 4.69) is 18.8 Å². The quantitative estimate of drug-likeness (QED) is 0.325. The highest BCUT2D eigenvalue weighted by Gasteiger charge is 2.46. The molecule has 1 atom stereocenters. The third-order valence-electron chi connectivity index (χ3n) is 5.74. The van der Waals surface area contributed by atoms with Crippen LogP contribution >= 0.6 is 0 Å². The number of rotatable bonds is 10. The highest BCUT2D eigenvalue weighted by atomic mass is 16.5. The number of Topliss-reactive ketones (excluding diaryl/α,β-unsaturated/α-hetero) is 1. The number of aliphatic hydroxyl groups excluding tert-OH is 1. The molecule has 1 fully saturated rings. The fourth-order valence-corrected chi connectivity index (χ4v) is 3.81. The van der Waals surface area contributed by atoms with Gasteiger partial charge in [-0.15, -0.1) is 0 Å². The summed E-state index contributed by atoms with van der Waals surface area (Å²) in [5.74, 6) is 0.0202. The lowest BCUT2D eigenvalue weighted by Crippen LogP contribution is -2.35. The second-order valence-corrected chi connectivity index (χ2v) is 8.97. The maximum atomic E-state index is 13.1. The number of aromatic nitrogens is 1. The molecule has 2 heterocycles. The molecular formula is C26H33N3O5. The first-order valence-corrected chi connectivity index (χ1v) is 11.4. The number of carbonyl (C=O) groups is 2. The van der Waals surface area contributed by atoms with Gasteiger partial charge in [0.05, 0.1) is 25.3 Å². The van der Waals surface area contributed by atoms with Crippen LogP contribution in [0.25, 0.3) is 5.76 Å². The molecule has 1 N–H and O–H groups in total. The number of methoxy groups -OCH3 is 1. The predicted molar refractivity (Wildman–Crippen MR) is 130 cm³/mol. The van der Waals surface area contributed by atoms with Gasteiger partial charge in [0.15, 0.2) is 11.5 Å². The Morgan fingerprint density at radius 3 is 2.47 bits per heavy atom. The third kappa shape index (κ3) is 5.56. The van der Waals surface area contributed by atoms with Crippen LogP contribution in [0.4, 0.5) is 0 Å². The molecule has 0 aliphatic carbocycles. The Kier molecular flexibility index (Phi) is 8.28. The number of pyridine rings is 1. The topological polar surface area (TPSA) is 92.2 Å². The monoisotopic (exact) mass is 467 g/mol. The zero-order valence-corrected chi connectivity index (χ0v) is 20.4. The normalized spacial score (nSPS) is 17.6. The minimum Gasteiger partial charge on any atom is -0.507 e. The lowest BCUT2D eigenvalue weighted by Gasteiger charge is -2.27. The minimum absolute atomic E-state index is 0.0467. The molecule has 0 spiro atoms. The molecule has 1 aromatic heterocycles. The summed E-state index contributed by atoms with van der Waals surface area (Å²) in [5.41, 5.74) is 1.12. The fraction of sp³-hybridized carbons (Fsp3) is 0.423. The molecule has 1 amide bonds. The van der Waals surface area contributed by atoms with Crippen LogP contribution in [0.3, 0.4) is 0 Å². The molecule has 1 aliphatic heterocycles. The Morgan fingerprint density at radius 1 is 1.15 bits per heavy atom. The fourth-order valence-electron chi connectivity index (χ4n) is 3.81. The zero-order valence-electron chi connectivity index (χ0n) is 20.4. The summed E-state index contributed by atoms with van der Waals surface area (Å²) in [4.78, 5) is 33.5. The van der Waals surface area contributed by atoms with E-state index in [9.17, 15) is 14.7 Å². The van der Waals surface area contributed by atoms with E-state index in [1.54, 1.807) is 31.4 Å². The van der Waals surface area contributed by atoms with Gasteiger partial charge in [0.1, 0.15) is 5.76 Å². The zero-order chi connectivity index (χ0) is 24.8. The van der Waals surface area contributed by atoms with Gasteiger partial charge in [-0.3, -0.25) is 14.6 Å². The van der Waals surface area contributed by atoms with Crippen LogP contribution in [0.1, 0.15) is 37.4 Å². The van der Waals surface area contributed by atoms with Gasteiger partial charge in [-0.05, 0) is 56.3 Å². The maximum absolute atomic E-state index is 13.1. The SMILES string of the molecule is COc1cc(C2C(=C(O)c3ccncc3)C(=O)C(=O)N2CCN(C)C)ccc1OCCC(C)C. The van der Waals surface area contributed by atoms with Crippen molar-refractivity contribution in [1.82, 2.24) is 14.8 Å². The lowest BCUT2D eigenvalue weighted by molar-refractivity contribution is -0.140. The number of amides is 1. The largest absolute Gasteiger partial charge is 0.507 e. The molecule has 34 heavy (non-hydrogen) atoms. The smallest absolute Gasteiger partial charge is 0.295 e. The van der Waals surface area contributed by atoms with Crippen molar-refractivity contribution in [1.29, 1.82) is 0 Å². The van der Waals surface area contributed by atoms with Gasteiger partial charge < -0.3 is 24.4 Å². The molecule has 0 saturated carbocycles. The number of hydrogen-bond donors (Lipinski definition) is 1. The first-order chi connectivity index (χ1) is 16.2. The van der Waals surface area contributed by atoms with Crippen molar-refractivity contribution in [2.24, 2.45) is 5.92 Å². The van der Waals surface area contributed by atoms with Gasteiger partial charge >= 0.3 is 0 Å². The summed E-state index contributed by atoms with van der Waals surface area (Å²) < 4.78 is 11.5. The van der Waals surface area contributed by atoms with E-state index in [4.69, 9.17) is 9.47 Å². The second kappa shape index (κ2) is 11.2. The van der Waals surface area contributed by atoms with Crippen LogP contribution in [-0.2, 0) is 9.59 Å². The van der Waals surface area contributed by atoms with E-state index in [1.165, 1.54) is 17.3 Å². The van der Waals surface area contributed by atoms with Gasteiger partial charge in [-0.1, -0.05) is 19.9 Å². The first kappa shape index (κ1) is 25.2. The van der Waals surface area contributed by atoms with Crippen LogP contribution in [0.5, 0.6) is 11.5 Å². The van der Waals surface area contributed by atoms with Crippen LogP contribution in [0.2, 0.25) is 0 Å². The number of aliphatic hydroxyl groups is 1. The third-order valence-corrected chi connectivity index (χ3v) is 5.74. The number of likely N-dealkylation sites (tertiary alicyclic amines) is 1. The average molecular weight is 468 g/mol.